The van der Waals surface area contributed by atoms with E-state index in [4.69, 9.17) is 40.5 Å². The number of carbonyl (C=O) groups is 2. The molecule has 0 heterocycles. The summed E-state index contributed by atoms with van der Waals surface area (Å²) in [5.74, 6) is -6.41. The Kier molecular flexibility index (Phi) is 7.43. The number of alkyl halides is 4. The SMILES string of the molecule is Nc1c(F)ccc(CC(=O)c2cc(NC(=O)C3C(c4ccc(F)c(C(F)F)c4)C3(Cl)Cl)ccc2Cl)c1F. The van der Waals surface area contributed by atoms with Gasteiger partial charge < -0.3 is 11.1 Å². The molecule has 3 aromatic carbocycles. The van der Waals surface area contributed by atoms with Crippen molar-refractivity contribution in [1.29, 1.82) is 0 Å². The highest BCUT2D eigenvalue weighted by Gasteiger charge is 2.67. The molecule has 1 saturated carbocycles. The number of hydrogen-bond acceptors (Lipinski definition) is 3. The molecule has 3 N–H and O–H groups in total. The van der Waals surface area contributed by atoms with Crippen LogP contribution in [0.4, 0.5) is 33.3 Å². The Morgan fingerprint density at radius 1 is 1.00 bits per heavy atom. The number of Topliss-reactive ketones (excluding diaryl/α,β-unsaturated/α-hetero) is 1. The van der Waals surface area contributed by atoms with E-state index in [9.17, 15) is 31.5 Å². The molecule has 2 unspecified atom stereocenters. The van der Waals surface area contributed by atoms with Crippen molar-refractivity contribution in [2.45, 2.75) is 23.1 Å². The topological polar surface area (TPSA) is 72.2 Å². The Morgan fingerprint density at radius 3 is 2.35 bits per heavy atom. The molecule has 4 rings (SSSR count). The average molecular weight is 578 g/mol. The lowest BCUT2D eigenvalue weighted by molar-refractivity contribution is -0.117. The minimum atomic E-state index is -3.07. The molecule has 0 spiro atoms. The van der Waals surface area contributed by atoms with Crippen LogP contribution in [0.5, 0.6) is 0 Å². The number of nitrogens with two attached hydrogens (primary N) is 1. The van der Waals surface area contributed by atoms with Crippen molar-refractivity contribution >= 4 is 57.9 Å². The largest absolute Gasteiger partial charge is 0.394 e. The van der Waals surface area contributed by atoms with E-state index in [1.807, 2.05) is 0 Å². The smallest absolute Gasteiger partial charge is 0.266 e. The van der Waals surface area contributed by atoms with Gasteiger partial charge in [-0.1, -0.05) is 23.7 Å². The predicted octanol–water partition coefficient (Wildman–Crippen LogP) is 7.23. The fourth-order valence-corrected chi connectivity index (χ4v) is 5.10. The Bertz CT molecular complexity index is 1420. The molecule has 0 saturated heterocycles. The molecule has 1 amide bonds. The number of anilines is 2. The Labute approximate surface area is 222 Å². The summed E-state index contributed by atoms with van der Waals surface area (Å²) in [6.45, 7) is 0. The number of halogens is 8. The summed E-state index contributed by atoms with van der Waals surface area (Å²) in [5, 5.41) is 2.55. The molecule has 1 aliphatic carbocycles. The van der Waals surface area contributed by atoms with Crippen LogP contribution in [-0.4, -0.2) is 16.0 Å². The highest BCUT2D eigenvalue weighted by Crippen LogP contribution is 2.65. The van der Waals surface area contributed by atoms with Crippen molar-refractivity contribution in [3.05, 3.63) is 93.3 Å². The van der Waals surface area contributed by atoms with Gasteiger partial charge in [0.05, 0.1) is 16.5 Å². The van der Waals surface area contributed by atoms with Gasteiger partial charge >= 0.3 is 0 Å². The standard InChI is InChI=1S/C25H16Cl3F5N2O2/c26-15-4-3-12(9-13(15)18(36)8-11-2-6-17(30)22(34)21(11)31)35-24(37)20-19(25(20,27)28)10-1-5-16(29)14(7-10)23(32)33/h1-7,9,19-20,23H,8,34H2,(H,35,37). The van der Waals surface area contributed by atoms with Crippen LogP contribution in [0.25, 0.3) is 0 Å². The van der Waals surface area contributed by atoms with Crippen LogP contribution in [-0.2, 0) is 11.2 Å². The number of carbonyl (C=O) groups excluding carboxylic acids is 2. The molecule has 4 nitrogen and oxygen atoms in total. The van der Waals surface area contributed by atoms with Gasteiger partial charge in [0.2, 0.25) is 5.91 Å². The van der Waals surface area contributed by atoms with Crippen molar-refractivity contribution in [2.75, 3.05) is 11.1 Å². The first kappa shape index (κ1) is 27.2. The van der Waals surface area contributed by atoms with Gasteiger partial charge in [0.15, 0.2) is 11.6 Å². The van der Waals surface area contributed by atoms with E-state index in [1.165, 1.54) is 24.3 Å². The highest BCUT2D eigenvalue weighted by atomic mass is 35.5. The summed E-state index contributed by atoms with van der Waals surface area (Å²) < 4.78 is 65.8. The lowest BCUT2D eigenvalue weighted by atomic mass is 10.0. The van der Waals surface area contributed by atoms with Crippen molar-refractivity contribution < 1.29 is 31.5 Å². The monoisotopic (exact) mass is 576 g/mol. The van der Waals surface area contributed by atoms with E-state index in [0.717, 1.165) is 24.3 Å². The minimum Gasteiger partial charge on any atom is -0.394 e. The van der Waals surface area contributed by atoms with Crippen LogP contribution >= 0.6 is 34.8 Å². The first-order chi connectivity index (χ1) is 17.3. The van der Waals surface area contributed by atoms with E-state index in [1.54, 1.807) is 0 Å². The summed E-state index contributed by atoms with van der Waals surface area (Å²) in [4.78, 5) is 25.7. The van der Waals surface area contributed by atoms with E-state index < -0.39 is 69.4 Å². The third-order valence-corrected chi connectivity index (χ3v) is 7.31. The van der Waals surface area contributed by atoms with Crippen molar-refractivity contribution in [3.8, 4) is 0 Å². The van der Waals surface area contributed by atoms with E-state index in [2.05, 4.69) is 5.32 Å². The fraction of sp³-hybridized carbons (Fsp3) is 0.200. The maximum atomic E-state index is 14.2. The molecule has 0 radical (unpaired) electrons. The molecule has 194 valence electrons. The molecule has 12 heteroatoms. The maximum absolute atomic E-state index is 14.2. The third kappa shape index (κ3) is 5.26. The molecular weight excluding hydrogens is 562 g/mol. The molecular formula is C25H16Cl3F5N2O2. The zero-order valence-electron chi connectivity index (χ0n) is 18.5. The van der Waals surface area contributed by atoms with E-state index in [0.29, 0.717) is 0 Å². The summed E-state index contributed by atoms with van der Waals surface area (Å²) in [6, 6.07) is 8.97. The van der Waals surface area contributed by atoms with Crippen LogP contribution in [0, 0.1) is 23.4 Å². The molecule has 3 aromatic rings. The zero-order chi connectivity index (χ0) is 27.2. The fourth-order valence-electron chi connectivity index (χ4n) is 4.05. The second-order valence-electron chi connectivity index (χ2n) is 8.43. The van der Waals surface area contributed by atoms with Gasteiger partial charge in [-0.2, -0.15) is 0 Å². The van der Waals surface area contributed by atoms with Crippen LogP contribution in [0.15, 0.2) is 48.5 Å². The Balaban J connectivity index is 1.52. The van der Waals surface area contributed by atoms with Crippen LogP contribution in [0.2, 0.25) is 5.02 Å². The van der Waals surface area contributed by atoms with Gasteiger partial charge in [-0.3, -0.25) is 9.59 Å². The molecule has 1 aliphatic rings. The lowest BCUT2D eigenvalue weighted by Gasteiger charge is -2.10. The molecule has 0 bridgehead atoms. The second-order valence-corrected chi connectivity index (χ2v) is 10.3. The number of hydrogen-bond donors (Lipinski definition) is 2. The number of rotatable bonds is 7. The first-order valence-corrected chi connectivity index (χ1v) is 11.8. The van der Waals surface area contributed by atoms with Gasteiger partial charge in [0, 0.05) is 23.6 Å². The minimum absolute atomic E-state index is 0.0117. The first-order valence-electron chi connectivity index (χ1n) is 10.6. The number of ketones is 1. The van der Waals surface area contributed by atoms with Gasteiger partial charge in [-0.15, -0.1) is 23.2 Å². The van der Waals surface area contributed by atoms with Gasteiger partial charge in [-0.05, 0) is 47.5 Å². The number of benzene rings is 3. The molecule has 37 heavy (non-hydrogen) atoms. The summed E-state index contributed by atoms with van der Waals surface area (Å²) in [6.07, 6.45) is -3.56. The summed E-state index contributed by atoms with van der Waals surface area (Å²) >= 11 is 18.6. The quantitative estimate of drug-likeness (QED) is 0.135. The number of amides is 1. The molecule has 0 aliphatic heterocycles. The average Bonchev–Trinajstić information content (AvgIpc) is 3.42. The molecule has 0 aromatic heterocycles. The Morgan fingerprint density at radius 2 is 1.68 bits per heavy atom. The van der Waals surface area contributed by atoms with Crippen molar-refractivity contribution in [3.63, 3.8) is 0 Å². The number of nitrogens with one attached hydrogen (secondary N) is 1. The second kappa shape index (κ2) is 10.1. The lowest BCUT2D eigenvalue weighted by Crippen LogP contribution is -2.17. The van der Waals surface area contributed by atoms with Crippen molar-refractivity contribution in [1.82, 2.24) is 0 Å². The van der Waals surface area contributed by atoms with E-state index >= 15 is 0 Å². The normalized spacial score (nSPS) is 18.1. The van der Waals surface area contributed by atoms with Gasteiger partial charge in [-0.25, -0.2) is 22.0 Å². The summed E-state index contributed by atoms with van der Waals surface area (Å²) in [7, 11) is 0. The van der Waals surface area contributed by atoms with Gasteiger partial charge in [0.25, 0.3) is 6.43 Å². The maximum Gasteiger partial charge on any atom is 0.266 e. The predicted molar refractivity (Wildman–Crippen MR) is 131 cm³/mol. The molecule has 2 atom stereocenters. The third-order valence-electron chi connectivity index (χ3n) is 6.04. The summed E-state index contributed by atoms with van der Waals surface area (Å²) in [5.41, 5.74) is 3.86. The van der Waals surface area contributed by atoms with Crippen molar-refractivity contribution in [2.24, 2.45) is 5.92 Å². The van der Waals surface area contributed by atoms with Crippen LogP contribution in [0.3, 0.4) is 0 Å². The molecule has 1 fully saturated rings. The zero-order valence-corrected chi connectivity index (χ0v) is 20.7. The van der Waals surface area contributed by atoms with Crippen LogP contribution < -0.4 is 11.1 Å². The van der Waals surface area contributed by atoms with Crippen LogP contribution in [0.1, 0.15) is 39.4 Å². The van der Waals surface area contributed by atoms with E-state index in [-0.39, 0.29) is 27.4 Å². The van der Waals surface area contributed by atoms with Gasteiger partial charge in [0.1, 0.15) is 21.7 Å². The Hall–Kier alpha value is -2.88. The highest BCUT2D eigenvalue weighted by molar-refractivity contribution is 6.53. The number of nitrogen functional groups attached to an aromatic ring is 1.